The zero-order valence-corrected chi connectivity index (χ0v) is 13.7. The van der Waals surface area contributed by atoms with Crippen LogP contribution in [-0.2, 0) is 19.2 Å². The van der Waals surface area contributed by atoms with Gasteiger partial charge in [0.15, 0.2) is 0 Å². The minimum Gasteiger partial charge on any atom is -0.277 e. The van der Waals surface area contributed by atoms with Crippen molar-refractivity contribution >= 4 is 35.7 Å². The van der Waals surface area contributed by atoms with E-state index in [2.05, 4.69) is 0 Å². The Balaban J connectivity index is 2.25. The number of amides is 8. The summed E-state index contributed by atoms with van der Waals surface area (Å²) in [5.41, 5.74) is 0. The van der Waals surface area contributed by atoms with Crippen LogP contribution in [0.15, 0.2) is 0 Å². The standard InChI is InChI=1S/C15H20N4O6/c1-2-3-4-5-6-7(8-10(20)16-14(24)17-11(8)21)9-12(22)18-15(25)19-13(9)23/h7-9H,2-6H2,1H3,(H2,16,17,20,21,24)(H2,18,19,22,23,25). The molecule has 0 aromatic heterocycles. The van der Waals surface area contributed by atoms with Crippen molar-refractivity contribution in [2.45, 2.75) is 39.0 Å². The zero-order chi connectivity index (χ0) is 18.6. The first-order valence-corrected chi connectivity index (χ1v) is 8.16. The van der Waals surface area contributed by atoms with Gasteiger partial charge in [0.2, 0.25) is 23.6 Å². The van der Waals surface area contributed by atoms with Gasteiger partial charge in [-0.25, -0.2) is 9.59 Å². The first kappa shape index (κ1) is 18.6. The predicted octanol–water partition coefficient (Wildman–Crippen LogP) is -0.463. The van der Waals surface area contributed by atoms with Crippen molar-refractivity contribution in [3.8, 4) is 0 Å². The van der Waals surface area contributed by atoms with Crippen molar-refractivity contribution in [3.05, 3.63) is 0 Å². The number of imide groups is 4. The van der Waals surface area contributed by atoms with Crippen LogP contribution in [0.3, 0.4) is 0 Å². The normalized spacial score (nSPS) is 19.6. The van der Waals surface area contributed by atoms with Gasteiger partial charge < -0.3 is 0 Å². The van der Waals surface area contributed by atoms with Crippen molar-refractivity contribution in [2.75, 3.05) is 0 Å². The average molecular weight is 352 g/mol. The van der Waals surface area contributed by atoms with Gasteiger partial charge in [-0.1, -0.05) is 32.6 Å². The summed E-state index contributed by atoms with van der Waals surface area (Å²) in [6, 6.07) is -1.88. The Hall–Kier alpha value is -2.78. The second kappa shape index (κ2) is 7.86. The number of hydrogen-bond donors (Lipinski definition) is 4. The molecule has 2 aliphatic rings. The summed E-state index contributed by atoms with van der Waals surface area (Å²) in [5.74, 6) is -7.11. The molecule has 0 radical (unpaired) electrons. The number of rotatable bonds is 7. The van der Waals surface area contributed by atoms with Crippen LogP contribution >= 0.6 is 0 Å². The summed E-state index contributed by atoms with van der Waals surface area (Å²) in [4.78, 5) is 71.0. The van der Waals surface area contributed by atoms with E-state index in [-0.39, 0.29) is 6.42 Å². The lowest BCUT2D eigenvalue weighted by Gasteiger charge is -2.33. The highest BCUT2D eigenvalue weighted by Crippen LogP contribution is 2.30. The van der Waals surface area contributed by atoms with Gasteiger partial charge in [-0.05, 0) is 12.3 Å². The number of nitrogens with one attached hydrogen (secondary N) is 4. The molecule has 2 rings (SSSR count). The molecule has 8 amide bonds. The van der Waals surface area contributed by atoms with Gasteiger partial charge >= 0.3 is 12.1 Å². The number of barbiturate groups is 2. The maximum absolute atomic E-state index is 12.1. The molecule has 2 aliphatic heterocycles. The number of hydrogen-bond acceptors (Lipinski definition) is 6. The highest BCUT2D eigenvalue weighted by molar-refractivity contribution is 6.19. The molecule has 10 heteroatoms. The minimum absolute atomic E-state index is 0.249. The Morgan fingerprint density at radius 2 is 1.08 bits per heavy atom. The quantitative estimate of drug-likeness (QED) is 0.359. The van der Waals surface area contributed by atoms with E-state index in [1.165, 1.54) is 0 Å². The summed E-state index contributed by atoms with van der Waals surface area (Å²) < 4.78 is 0. The summed E-state index contributed by atoms with van der Waals surface area (Å²) in [6.07, 6.45) is 3.53. The molecule has 0 aromatic rings. The fourth-order valence-corrected chi connectivity index (χ4v) is 3.17. The van der Waals surface area contributed by atoms with Crippen LogP contribution in [0, 0.1) is 17.8 Å². The molecule has 0 spiro atoms. The smallest absolute Gasteiger partial charge is 0.277 e. The maximum Gasteiger partial charge on any atom is 0.328 e. The third-order valence-corrected chi connectivity index (χ3v) is 4.32. The van der Waals surface area contributed by atoms with Crippen LogP contribution in [0.5, 0.6) is 0 Å². The molecule has 0 unspecified atom stereocenters. The summed E-state index contributed by atoms with van der Waals surface area (Å²) in [6.45, 7) is 2.01. The van der Waals surface area contributed by atoms with Crippen LogP contribution < -0.4 is 21.3 Å². The lowest BCUT2D eigenvalue weighted by Crippen LogP contribution is -2.63. The Morgan fingerprint density at radius 3 is 1.44 bits per heavy atom. The van der Waals surface area contributed by atoms with Crippen LogP contribution in [0.25, 0.3) is 0 Å². The molecular weight excluding hydrogens is 332 g/mol. The van der Waals surface area contributed by atoms with E-state index < -0.39 is 53.4 Å². The molecule has 10 nitrogen and oxygen atoms in total. The Labute approximate surface area is 143 Å². The van der Waals surface area contributed by atoms with Crippen LogP contribution in [0.2, 0.25) is 0 Å². The average Bonchev–Trinajstić information content (AvgIpc) is 2.48. The van der Waals surface area contributed by atoms with E-state index in [1.54, 1.807) is 0 Å². The van der Waals surface area contributed by atoms with Gasteiger partial charge in [-0.15, -0.1) is 0 Å². The third-order valence-electron chi connectivity index (χ3n) is 4.32. The fourth-order valence-electron chi connectivity index (χ4n) is 3.17. The van der Waals surface area contributed by atoms with Crippen molar-refractivity contribution < 1.29 is 28.8 Å². The second-order valence-corrected chi connectivity index (χ2v) is 6.08. The van der Waals surface area contributed by atoms with Gasteiger partial charge in [-0.3, -0.25) is 40.4 Å². The molecule has 0 aromatic carbocycles. The summed E-state index contributed by atoms with van der Waals surface area (Å²) in [5, 5.41) is 7.92. The Morgan fingerprint density at radius 1 is 0.680 bits per heavy atom. The second-order valence-electron chi connectivity index (χ2n) is 6.08. The van der Waals surface area contributed by atoms with Gasteiger partial charge in [-0.2, -0.15) is 0 Å². The van der Waals surface area contributed by atoms with E-state index in [0.717, 1.165) is 19.3 Å². The molecular formula is C15H20N4O6. The molecule has 25 heavy (non-hydrogen) atoms. The highest BCUT2D eigenvalue weighted by Gasteiger charge is 2.49. The maximum atomic E-state index is 12.1. The molecule has 2 saturated heterocycles. The van der Waals surface area contributed by atoms with Gasteiger partial charge in [0.05, 0.1) is 0 Å². The molecule has 0 aliphatic carbocycles. The van der Waals surface area contributed by atoms with Crippen molar-refractivity contribution in [3.63, 3.8) is 0 Å². The topological polar surface area (TPSA) is 151 Å². The molecule has 2 heterocycles. The lowest BCUT2D eigenvalue weighted by atomic mass is 9.75. The SMILES string of the molecule is CCCCCCC(C1C(=O)NC(=O)NC1=O)C1C(=O)NC(=O)NC1=O. The number of carbonyl (C=O) groups excluding carboxylic acids is 6. The first-order chi connectivity index (χ1) is 11.8. The van der Waals surface area contributed by atoms with Crippen molar-refractivity contribution in [1.82, 2.24) is 21.3 Å². The van der Waals surface area contributed by atoms with E-state index in [4.69, 9.17) is 0 Å². The minimum atomic E-state index is -1.37. The number of carbonyl (C=O) groups is 6. The molecule has 136 valence electrons. The van der Waals surface area contributed by atoms with Gasteiger partial charge in [0.25, 0.3) is 0 Å². The molecule has 4 N–H and O–H groups in total. The molecule has 0 saturated carbocycles. The van der Waals surface area contributed by atoms with Gasteiger partial charge in [0, 0.05) is 0 Å². The largest absolute Gasteiger partial charge is 0.328 e. The summed E-state index contributed by atoms with van der Waals surface area (Å²) in [7, 11) is 0. The lowest BCUT2D eigenvalue weighted by molar-refractivity contribution is -0.144. The van der Waals surface area contributed by atoms with Crippen molar-refractivity contribution in [1.29, 1.82) is 0 Å². The molecule has 0 bridgehead atoms. The third kappa shape index (κ3) is 4.20. The Bertz CT molecular complexity index is 544. The summed E-state index contributed by atoms with van der Waals surface area (Å²) >= 11 is 0. The fraction of sp³-hybridized carbons (Fsp3) is 0.600. The van der Waals surface area contributed by atoms with E-state index >= 15 is 0 Å². The molecule has 0 atom stereocenters. The predicted molar refractivity (Wildman–Crippen MR) is 82.6 cm³/mol. The van der Waals surface area contributed by atoms with E-state index in [9.17, 15) is 28.8 Å². The van der Waals surface area contributed by atoms with Crippen LogP contribution in [0.4, 0.5) is 9.59 Å². The van der Waals surface area contributed by atoms with E-state index in [1.807, 2.05) is 28.2 Å². The Kier molecular flexibility index (Phi) is 5.84. The van der Waals surface area contributed by atoms with Crippen LogP contribution in [-0.4, -0.2) is 35.7 Å². The van der Waals surface area contributed by atoms with Crippen molar-refractivity contribution in [2.24, 2.45) is 17.8 Å². The number of unbranched alkanes of at least 4 members (excludes halogenated alkanes) is 3. The molecule has 2 fully saturated rings. The first-order valence-electron chi connectivity index (χ1n) is 8.16. The monoisotopic (exact) mass is 352 g/mol. The highest BCUT2D eigenvalue weighted by atomic mass is 16.2. The van der Waals surface area contributed by atoms with Crippen LogP contribution in [0.1, 0.15) is 39.0 Å². The number of urea groups is 2. The van der Waals surface area contributed by atoms with Gasteiger partial charge in [0.1, 0.15) is 11.8 Å². The van der Waals surface area contributed by atoms with E-state index in [0.29, 0.717) is 6.42 Å². The zero-order valence-electron chi connectivity index (χ0n) is 13.7.